The number of carbonyl (C=O) groups is 1. The number of rotatable bonds is 11. The van der Waals surface area contributed by atoms with Crippen LogP contribution in [-0.4, -0.2) is 39.6 Å². The highest BCUT2D eigenvalue weighted by Crippen LogP contribution is 2.11. The lowest BCUT2D eigenvalue weighted by Gasteiger charge is -2.16. The zero-order valence-electron chi connectivity index (χ0n) is 14.0. The van der Waals surface area contributed by atoms with Gasteiger partial charge in [0, 0.05) is 19.7 Å². The van der Waals surface area contributed by atoms with Gasteiger partial charge < -0.3 is 14.8 Å². The monoisotopic (exact) mass is 308 g/mol. The van der Waals surface area contributed by atoms with E-state index in [1.54, 1.807) is 19.5 Å². The van der Waals surface area contributed by atoms with Crippen molar-refractivity contribution in [1.82, 2.24) is 5.32 Å². The van der Waals surface area contributed by atoms with E-state index < -0.39 is 5.97 Å². The van der Waals surface area contributed by atoms with Gasteiger partial charge in [0.25, 0.3) is 0 Å². The molecule has 0 rings (SSSR count). The summed E-state index contributed by atoms with van der Waals surface area (Å²) in [6.07, 6.45) is 12.3. The molecule has 5 nitrogen and oxygen atoms in total. The predicted molar refractivity (Wildman–Crippen MR) is 90.8 cm³/mol. The highest BCUT2D eigenvalue weighted by molar-refractivity contribution is 5.82. The Labute approximate surface area is 133 Å². The first kappa shape index (κ1) is 20.0. The van der Waals surface area contributed by atoms with Gasteiger partial charge in [0.15, 0.2) is 0 Å². The van der Waals surface area contributed by atoms with Crippen LogP contribution in [0, 0.1) is 5.92 Å². The maximum absolute atomic E-state index is 11.2. The topological polar surface area (TPSA) is 59.9 Å². The molecule has 0 amide bonds. The first-order valence-corrected chi connectivity index (χ1v) is 7.53. The van der Waals surface area contributed by atoms with Gasteiger partial charge in [-0.25, -0.2) is 4.79 Å². The van der Waals surface area contributed by atoms with Crippen LogP contribution in [0.3, 0.4) is 0 Å². The van der Waals surface area contributed by atoms with Crippen LogP contribution < -0.4 is 5.32 Å². The minimum Gasteiger partial charge on any atom is -0.493 e. The molecule has 0 aromatic carbocycles. The van der Waals surface area contributed by atoms with Crippen molar-refractivity contribution >= 4 is 12.3 Å². The average Bonchev–Trinajstić information content (AvgIpc) is 2.55. The van der Waals surface area contributed by atoms with Gasteiger partial charge >= 0.3 is 5.97 Å². The molecule has 0 heterocycles. The van der Waals surface area contributed by atoms with E-state index in [2.05, 4.69) is 22.0 Å². The fourth-order valence-corrected chi connectivity index (χ4v) is 1.62. The molecule has 0 bridgehead atoms. The van der Waals surface area contributed by atoms with Crippen molar-refractivity contribution in [3.05, 3.63) is 36.1 Å². The molecule has 0 aliphatic carbocycles. The molecule has 1 atom stereocenters. The zero-order chi connectivity index (χ0) is 16.6. The van der Waals surface area contributed by atoms with Crippen LogP contribution in [0.4, 0.5) is 0 Å². The van der Waals surface area contributed by atoms with Crippen LogP contribution in [0.15, 0.2) is 41.1 Å². The number of hydrogen-bond acceptors (Lipinski definition) is 4. The number of ether oxygens (including phenoxy) is 2. The molecular formula is C17H28N2O3. The lowest BCUT2D eigenvalue weighted by atomic mass is 10.0. The first-order valence-electron chi connectivity index (χ1n) is 7.53. The largest absolute Gasteiger partial charge is 0.493 e. The number of hydrogen-bond donors (Lipinski definition) is 1. The third-order valence-corrected chi connectivity index (χ3v) is 3.02. The van der Waals surface area contributed by atoms with Gasteiger partial charge in [0.1, 0.15) is 5.76 Å². The molecule has 1 N–H and O–H groups in total. The molecule has 0 saturated heterocycles. The fourth-order valence-electron chi connectivity index (χ4n) is 1.62. The van der Waals surface area contributed by atoms with E-state index in [0.29, 0.717) is 18.3 Å². The van der Waals surface area contributed by atoms with Crippen LogP contribution >= 0.6 is 0 Å². The number of nitrogens with zero attached hydrogens (tertiary/aromatic N) is 1. The minimum absolute atomic E-state index is 0.398. The Hall–Kier alpha value is -2.04. The summed E-state index contributed by atoms with van der Waals surface area (Å²) < 4.78 is 10.4. The van der Waals surface area contributed by atoms with Crippen molar-refractivity contribution < 1.29 is 14.3 Å². The van der Waals surface area contributed by atoms with E-state index in [0.717, 1.165) is 19.4 Å². The van der Waals surface area contributed by atoms with Crippen molar-refractivity contribution in [3.8, 4) is 0 Å². The average molecular weight is 308 g/mol. The number of nitrogens with one attached hydrogen (secondary N) is 1. The Kier molecular flexibility index (Phi) is 12.6. The highest BCUT2D eigenvalue weighted by atomic mass is 16.5. The highest BCUT2D eigenvalue weighted by Gasteiger charge is 2.07. The minimum atomic E-state index is -0.398. The number of methoxy groups -OCH3 is 1. The molecule has 5 heteroatoms. The van der Waals surface area contributed by atoms with Crippen molar-refractivity contribution in [2.24, 2.45) is 10.9 Å². The molecule has 22 heavy (non-hydrogen) atoms. The van der Waals surface area contributed by atoms with Crippen molar-refractivity contribution in [2.45, 2.75) is 26.7 Å². The second-order valence-electron chi connectivity index (χ2n) is 4.67. The van der Waals surface area contributed by atoms with Crippen LogP contribution in [0.25, 0.3) is 0 Å². The van der Waals surface area contributed by atoms with Crippen molar-refractivity contribution in [1.29, 1.82) is 0 Å². The summed E-state index contributed by atoms with van der Waals surface area (Å²) in [6, 6.07) is 0. The van der Waals surface area contributed by atoms with Crippen LogP contribution in [0.2, 0.25) is 0 Å². The third kappa shape index (κ3) is 10.7. The molecule has 0 aromatic heterocycles. The molecule has 1 unspecified atom stereocenters. The first-order chi connectivity index (χ1) is 10.7. The number of aliphatic imine (C=N–C) groups is 1. The van der Waals surface area contributed by atoms with Crippen LogP contribution in [0.5, 0.6) is 0 Å². The summed E-state index contributed by atoms with van der Waals surface area (Å²) in [7, 11) is 3.09. The summed E-state index contributed by atoms with van der Waals surface area (Å²) in [4.78, 5) is 15.0. The summed E-state index contributed by atoms with van der Waals surface area (Å²) in [5.74, 6) is 0.688. The van der Waals surface area contributed by atoms with E-state index in [1.807, 2.05) is 25.2 Å². The predicted octanol–water partition coefficient (Wildman–Crippen LogP) is 2.86. The molecule has 0 aliphatic rings. The third-order valence-electron chi connectivity index (χ3n) is 3.02. The fraction of sp³-hybridized carbons (Fsp3) is 0.529. The van der Waals surface area contributed by atoms with Crippen molar-refractivity contribution in [3.63, 3.8) is 0 Å². The Bertz CT molecular complexity index is 412. The van der Waals surface area contributed by atoms with Gasteiger partial charge in [-0.3, -0.25) is 4.99 Å². The summed E-state index contributed by atoms with van der Waals surface area (Å²) in [6.45, 7) is 5.54. The molecule has 0 aromatic rings. The number of allylic oxidation sites excluding steroid dienone is 4. The number of carbonyl (C=O) groups excluding carboxylic acids is 1. The Morgan fingerprint density at radius 2 is 2.14 bits per heavy atom. The van der Waals surface area contributed by atoms with E-state index in [1.165, 1.54) is 13.2 Å². The second kappa shape index (κ2) is 13.9. The molecule has 0 saturated carbocycles. The molecule has 0 aliphatic heterocycles. The molecular weight excluding hydrogens is 280 g/mol. The molecule has 0 spiro atoms. The van der Waals surface area contributed by atoms with E-state index in [-0.39, 0.29) is 0 Å². The van der Waals surface area contributed by atoms with E-state index >= 15 is 0 Å². The Balaban J connectivity index is 4.45. The standard InChI is InChI=1S/C17H28N2O3/c1-5-7-8-16(9-10-17(20)21-4)22-13-15(6-2)11-12-19-14-18-3/h5,7-10,14-15H,6,11-13H2,1-4H3,(H,18,19)/b7-5-,10-9+,16-8+. The lowest BCUT2D eigenvalue weighted by molar-refractivity contribution is -0.134. The quantitative estimate of drug-likeness (QED) is 0.121. The van der Waals surface area contributed by atoms with Gasteiger partial charge in [-0.2, -0.15) is 0 Å². The smallest absolute Gasteiger partial charge is 0.330 e. The van der Waals surface area contributed by atoms with Crippen molar-refractivity contribution in [2.75, 3.05) is 27.3 Å². The van der Waals surface area contributed by atoms with E-state index in [4.69, 9.17) is 4.74 Å². The molecule has 0 radical (unpaired) electrons. The SMILES string of the molecule is C\C=C/C=C(\C=C\C(=O)OC)OCC(CC)CCNC=NC. The van der Waals surface area contributed by atoms with E-state index in [9.17, 15) is 4.79 Å². The lowest BCUT2D eigenvalue weighted by Crippen LogP contribution is -2.18. The summed E-state index contributed by atoms with van der Waals surface area (Å²) in [5.41, 5.74) is 0. The van der Waals surface area contributed by atoms with Crippen LogP contribution in [-0.2, 0) is 14.3 Å². The molecule has 0 fully saturated rings. The van der Waals surface area contributed by atoms with Gasteiger partial charge in [-0.1, -0.05) is 19.1 Å². The summed E-state index contributed by atoms with van der Waals surface area (Å²) in [5, 5.41) is 3.12. The van der Waals surface area contributed by atoms with Gasteiger partial charge in [0.2, 0.25) is 0 Å². The number of esters is 1. The molecule has 124 valence electrons. The van der Waals surface area contributed by atoms with Gasteiger partial charge in [0.05, 0.1) is 20.1 Å². The second-order valence-corrected chi connectivity index (χ2v) is 4.67. The van der Waals surface area contributed by atoms with Crippen LogP contribution in [0.1, 0.15) is 26.7 Å². The Morgan fingerprint density at radius 1 is 1.36 bits per heavy atom. The normalized spacial score (nSPS) is 13.9. The van der Waals surface area contributed by atoms with Gasteiger partial charge in [-0.15, -0.1) is 0 Å². The van der Waals surface area contributed by atoms with Gasteiger partial charge in [-0.05, 0) is 37.8 Å². The zero-order valence-corrected chi connectivity index (χ0v) is 14.0. The summed E-state index contributed by atoms with van der Waals surface area (Å²) >= 11 is 0. The maximum Gasteiger partial charge on any atom is 0.330 e. The Morgan fingerprint density at radius 3 is 2.73 bits per heavy atom. The maximum atomic E-state index is 11.2.